The Balaban J connectivity index is 2.57. The summed E-state index contributed by atoms with van der Waals surface area (Å²) in [6.07, 6.45) is -0.236. The molecule has 0 aliphatic carbocycles. The number of phenolic OH excluding ortho intramolecular Hbond substituents is 1. The summed E-state index contributed by atoms with van der Waals surface area (Å²) < 4.78 is 5.37. The van der Waals surface area contributed by atoms with Crippen molar-refractivity contribution in [2.75, 3.05) is 11.9 Å². The molecule has 0 aliphatic rings. The second-order valence-electron chi connectivity index (χ2n) is 10.4. The van der Waals surface area contributed by atoms with Crippen LogP contribution >= 0.6 is 0 Å². The van der Waals surface area contributed by atoms with Gasteiger partial charge in [-0.15, -0.1) is 0 Å². The number of ether oxygens (including phenoxy) is 1. The van der Waals surface area contributed by atoms with Crippen molar-refractivity contribution in [1.29, 1.82) is 5.26 Å². The van der Waals surface area contributed by atoms with E-state index in [9.17, 15) is 24.8 Å². The van der Waals surface area contributed by atoms with Crippen molar-refractivity contribution in [2.45, 2.75) is 72.6 Å². The monoisotopic (exact) mass is 522 g/mol. The molecule has 2 rings (SSSR count). The van der Waals surface area contributed by atoms with Crippen molar-refractivity contribution >= 4 is 23.6 Å². The molecule has 2 aromatic rings. The predicted molar refractivity (Wildman–Crippen MR) is 145 cm³/mol. The van der Waals surface area contributed by atoms with Gasteiger partial charge >= 0.3 is 6.09 Å². The number of aromatic hydroxyl groups is 1. The molecule has 3 amide bonds. The molecule has 0 saturated carbocycles. The first kappa shape index (κ1) is 30.2. The first-order valence-electron chi connectivity index (χ1n) is 12.6. The fourth-order valence-corrected chi connectivity index (χ4v) is 4.04. The van der Waals surface area contributed by atoms with E-state index in [0.29, 0.717) is 17.7 Å². The molecule has 0 heterocycles. The molecule has 9 heteroatoms. The average Bonchev–Trinajstić information content (AvgIpc) is 2.82. The third-order valence-corrected chi connectivity index (χ3v) is 6.15. The predicted octanol–water partition coefficient (Wildman–Crippen LogP) is 4.98. The van der Waals surface area contributed by atoms with Gasteiger partial charge in [-0.25, -0.2) is 4.79 Å². The highest BCUT2D eigenvalue weighted by atomic mass is 16.6. The van der Waals surface area contributed by atoms with Crippen LogP contribution in [0.2, 0.25) is 0 Å². The molecule has 38 heavy (non-hydrogen) atoms. The second kappa shape index (κ2) is 13.0. The number of carbonyl (C=O) groups is 3. The standard InChI is InChI=1S/C29H38N4O5/c1-8-18(2)24(32-28(37)38-29(5,6)7)27(36)33(16-15-30)25(21-13-10-14-22(34)17-21)26(35)31-23-19(3)11-9-12-20(23)4/h9-14,17-18,24-25,34H,8,16H2,1-7H3,(H,31,35)(H,32,37). The van der Waals surface area contributed by atoms with Gasteiger partial charge in [0, 0.05) is 5.69 Å². The highest BCUT2D eigenvalue weighted by molar-refractivity contribution is 6.00. The molecule has 0 aliphatic heterocycles. The minimum absolute atomic E-state index is 0.0953. The summed E-state index contributed by atoms with van der Waals surface area (Å²) in [6, 6.07) is 11.2. The number of hydrogen-bond acceptors (Lipinski definition) is 6. The molecule has 204 valence electrons. The van der Waals surface area contributed by atoms with Crippen LogP contribution < -0.4 is 10.6 Å². The topological polar surface area (TPSA) is 132 Å². The molecule has 3 N–H and O–H groups in total. The van der Waals surface area contributed by atoms with Gasteiger partial charge in [-0.05, 0) is 69.4 Å². The molecule has 2 aromatic carbocycles. The first-order valence-corrected chi connectivity index (χ1v) is 12.6. The third-order valence-electron chi connectivity index (χ3n) is 6.15. The smallest absolute Gasteiger partial charge is 0.408 e. The van der Waals surface area contributed by atoms with E-state index in [4.69, 9.17) is 4.74 Å². The Morgan fingerprint density at radius 3 is 2.24 bits per heavy atom. The second-order valence-corrected chi connectivity index (χ2v) is 10.4. The van der Waals surface area contributed by atoms with Gasteiger partial charge < -0.3 is 25.4 Å². The third kappa shape index (κ3) is 7.97. The first-order chi connectivity index (χ1) is 17.8. The summed E-state index contributed by atoms with van der Waals surface area (Å²) in [7, 11) is 0. The molecule has 0 radical (unpaired) electrons. The van der Waals surface area contributed by atoms with Gasteiger partial charge in [0.25, 0.3) is 5.91 Å². The minimum atomic E-state index is -1.26. The molecule has 0 saturated heterocycles. The summed E-state index contributed by atoms with van der Waals surface area (Å²) in [5.41, 5.74) is 1.79. The van der Waals surface area contributed by atoms with Gasteiger partial charge in [-0.1, -0.05) is 50.6 Å². The number of aryl methyl sites for hydroxylation is 2. The largest absolute Gasteiger partial charge is 0.508 e. The van der Waals surface area contributed by atoms with Crippen LogP contribution in [0.4, 0.5) is 10.5 Å². The number of nitriles is 1. The Bertz CT molecular complexity index is 1180. The van der Waals surface area contributed by atoms with Gasteiger partial charge in [0.1, 0.15) is 30.0 Å². The van der Waals surface area contributed by atoms with Gasteiger partial charge in [0.05, 0.1) is 6.07 Å². The maximum Gasteiger partial charge on any atom is 0.408 e. The van der Waals surface area contributed by atoms with Crippen molar-refractivity contribution in [3.63, 3.8) is 0 Å². The number of alkyl carbamates (subject to hydrolysis) is 1. The molecular formula is C29H38N4O5. The van der Waals surface area contributed by atoms with Crippen molar-refractivity contribution < 1.29 is 24.2 Å². The summed E-state index contributed by atoms with van der Waals surface area (Å²) in [4.78, 5) is 41.6. The molecule has 0 fully saturated rings. The number of anilines is 1. The van der Waals surface area contributed by atoms with Crippen LogP contribution in [0.1, 0.15) is 63.8 Å². The van der Waals surface area contributed by atoms with Crippen molar-refractivity contribution in [3.05, 3.63) is 59.2 Å². The van der Waals surface area contributed by atoms with Crippen LogP contribution in [0.5, 0.6) is 5.75 Å². The number of amides is 3. The van der Waals surface area contributed by atoms with Crippen LogP contribution in [0.15, 0.2) is 42.5 Å². The van der Waals surface area contributed by atoms with Crippen molar-refractivity contribution in [1.82, 2.24) is 10.2 Å². The Morgan fingerprint density at radius 1 is 1.11 bits per heavy atom. The summed E-state index contributed by atoms with van der Waals surface area (Å²) in [5.74, 6) is -1.60. The maximum absolute atomic E-state index is 14.0. The molecule has 9 nitrogen and oxygen atoms in total. The summed E-state index contributed by atoms with van der Waals surface area (Å²) >= 11 is 0. The zero-order valence-electron chi connectivity index (χ0n) is 23.2. The molecule has 0 aromatic heterocycles. The van der Waals surface area contributed by atoms with Crippen LogP contribution in [-0.4, -0.2) is 46.1 Å². The van der Waals surface area contributed by atoms with Gasteiger partial charge in [-0.3, -0.25) is 9.59 Å². The SMILES string of the molecule is CCC(C)C(NC(=O)OC(C)(C)C)C(=O)N(CC#N)C(C(=O)Nc1c(C)cccc1C)c1cccc(O)c1. The molecule has 0 spiro atoms. The number of nitrogens with zero attached hydrogens (tertiary/aromatic N) is 2. The lowest BCUT2D eigenvalue weighted by Crippen LogP contribution is -2.54. The Labute approximate surface area is 224 Å². The Kier molecular flexibility index (Phi) is 10.3. The number of para-hydroxylation sites is 1. The lowest BCUT2D eigenvalue weighted by atomic mass is 9.95. The normalized spacial score (nSPS) is 13.4. The fourth-order valence-electron chi connectivity index (χ4n) is 4.04. The number of nitrogens with one attached hydrogen (secondary N) is 2. The minimum Gasteiger partial charge on any atom is -0.508 e. The molecular weight excluding hydrogens is 484 g/mol. The van der Waals surface area contributed by atoms with Gasteiger partial charge in [0.2, 0.25) is 5.91 Å². The number of benzene rings is 2. The van der Waals surface area contributed by atoms with Gasteiger partial charge in [-0.2, -0.15) is 5.26 Å². The lowest BCUT2D eigenvalue weighted by Gasteiger charge is -2.34. The Hall–Kier alpha value is -4.06. The van der Waals surface area contributed by atoms with E-state index in [1.54, 1.807) is 39.8 Å². The van der Waals surface area contributed by atoms with Crippen LogP contribution in [-0.2, 0) is 14.3 Å². The van der Waals surface area contributed by atoms with E-state index in [-0.39, 0.29) is 11.7 Å². The number of rotatable bonds is 9. The maximum atomic E-state index is 14.0. The van der Waals surface area contributed by atoms with Crippen molar-refractivity contribution in [3.8, 4) is 11.8 Å². The zero-order chi connectivity index (χ0) is 28.6. The number of phenols is 1. The number of carbonyl (C=O) groups excluding carboxylic acids is 3. The van der Waals surface area contributed by atoms with Crippen molar-refractivity contribution in [2.24, 2.45) is 5.92 Å². The fraction of sp³-hybridized carbons (Fsp3) is 0.448. The van der Waals surface area contributed by atoms with Gasteiger partial charge in [0.15, 0.2) is 0 Å². The lowest BCUT2D eigenvalue weighted by molar-refractivity contribution is -0.141. The van der Waals surface area contributed by atoms with E-state index in [1.165, 1.54) is 12.1 Å². The molecule has 3 unspecified atom stereocenters. The zero-order valence-corrected chi connectivity index (χ0v) is 23.2. The van der Waals surface area contributed by atoms with E-state index < -0.39 is 42.1 Å². The molecule has 3 atom stereocenters. The summed E-state index contributed by atoms with van der Waals surface area (Å²) in [6.45, 7) is 12.1. The Morgan fingerprint density at radius 2 is 1.71 bits per heavy atom. The quantitative estimate of drug-likeness (QED) is 0.398. The van der Waals surface area contributed by atoms with E-state index in [0.717, 1.165) is 16.0 Å². The summed E-state index contributed by atoms with van der Waals surface area (Å²) in [5, 5.41) is 25.4. The van der Waals surface area contributed by atoms with E-state index in [1.807, 2.05) is 45.0 Å². The highest BCUT2D eigenvalue weighted by Crippen LogP contribution is 2.29. The van der Waals surface area contributed by atoms with E-state index >= 15 is 0 Å². The van der Waals surface area contributed by atoms with Crippen LogP contribution in [0, 0.1) is 31.1 Å². The number of hydrogen-bond donors (Lipinski definition) is 3. The van der Waals surface area contributed by atoms with Crippen LogP contribution in [0.3, 0.4) is 0 Å². The average molecular weight is 523 g/mol. The highest BCUT2D eigenvalue weighted by Gasteiger charge is 2.38. The van der Waals surface area contributed by atoms with Crippen LogP contribution in [0.25, 0.3) is 0 Å². The molecule has 0 bridgehead atoms. The van der Waals surface area contributed by atoms with E-state index in [2.05, 4.69) is 10.6 Å².